The molecule has 1 heterocycles. The molecule has 0 aliphatic rings. The lowest BCUT2D eigenvalue weighted by atomic mass is 10.1. The van der Waals surface area contributed by atoms with Crippen molar-refractivity contribution < 1.29 is 0 Å². The molecule has 2 aromatic carbocycles. The van der Waals surface area contributed by atoms with Gasteiger partial charge in [0.25, 0.3) is 0 Å². The molecule has 3 rings (SSSR count). The van der Waals surface area contributed by atoms with Gasteiger partial charge in [0.15, 0.2) is 0 Å². The predicted molar refractivity (Wildman–Crippen MR) is 85.0 cm³/mol. The molecule has 0 saturated carbocycles. The molecule has 0 bridgehead atoms. The van der Waals surface area contributed by atoms with Crippen LogP contribution in [0, 0.1) is 0 Å². The number of para-hydroxylation sites is 2. The van der Waals surface area contributed by atoms with E-state index in [4.69, 9.17) is 22.3 Å². The number of rotatable bonds is 2. The molecule has 0 spiro atoms. The maximum atomic E-state index is 6.33. The molecule has 0 radical (unpaired) electrons. The molecule has 0 saturated heterocycles. The normalized spacial score (nSPS) is 11.4. The second kappa shape index (κ2) is 4.84. The Bertz CT molecular complexity index is 754. The minimum atomic E-state index is 0.271. The van der Waals surface area contributed by atoms with Crippen molar-refractivity contribution in [1.82, 2.24) is 9.55 Å². The van der Waals surface area contributed by atoms with Crippen LogP contribution in [-0.2, 0) is 0 Å². The van der Waals surface area contributed by atoms with Crippen LogP contribution in [0.2, 0.25) is 5.02 Å². The molecule has 0 atom stereocenters. The summed E-state index contributed by atoms with van der Waals surface area (Å²) < 4.78 is 2.17. The zero-order valence-corrected chi connectivity index (χ0v) is 12.2. The predicted octanol–water partition coefficient (Wildman–Crippen LogP) is 4.52. The fraction of sp³-hybridized carbons (Fsp3) is 0.188. The minimum absolute atomic E-state index is 0.271. The first kappa shape index (κ1) is 13.0. The highest BCUT2D eigenvalue weighted by Gasteiger charge is 2.18. The monoisotopic (exact) mass is 285 g/mol. The van der Waals surface area contributed by atoms with Crippen LogP contribution in [-0.4, -0.2) is 9.55 Å². The zero-order chi connectivity index (χ0) is 14.3. The Morgan fingerprint density at radius 3 is 2.55 bits per heavy atom. The molecular weight excluding hydrogens is 270 g/mol. The van der Waals surface area contributed by atoms with Crippen molar-refractivity contribution in [3.63, 3.8) is 0 Å². The van der Waals surface area contributed by atoms with E-state index in [1.54, 1.807) is 0 Å². The lowest BCUT2D eigenvalue weighted by molar-refractivity contribution is 0.624. The number of nitrogens with two attached hydrogens (primary N) is 1. The van der Waals surface area contributed by atoms with E-state index in [9.17, 15) is 0 Å². The first-order chi connectivity index (χ1) is 9.59. The molecule has 4 heteroatoms. The number of nitrogen functional groups attached to an aromatic ring is 1. The number of benzene rings is 2. The molecule has 3 nitrogen and oxygen atoms in total. The van der Waals surface area contributed by atoms with Crippen LogP contribution in [0.5, 0.6) is 0 Å². The Kier molecular flexibility index (Phi) is 3.14. The van der Waals surface area contributed by atoms with Gasteiger partial charge < -0.3 is 10.3 Å². The van der Waals surface area contributed by atoms with Gasteiger partial charge in [-0.15, -0.1) is 0 Å². The smallest absolute Gasteiger partial charge is 0.144 e. The second-order valence-electron chi connectivity index (χ2n) is 5.09. The summed E-state index contributed by atoms with van der Waals surface area (Å²) in [6.07, 6.45) is 0. The number of halogens is 1. The number of hydrogen-bond donors (Lipinski definition) is 1. The lowest BCUT2D eigenvalue weighted by Crippen LogP contribution is -2.04. The third-order valence-corrected chi connectivity index (χ3v) is 3.70. The number of anilines is 1. The highest BCUT2D eigenvalue weighted by atomic mass is 35.5. The van der Waals surface area contributed by atoms with Crippen LogP contribution < -0.4 is 5.73 Å². The number of fused-ring (bicyclic) bond motifs is 1. The maximum Gasteiger partial charge on any atom is 0.144 e. The second-order valence-corrected chi connectivity index (χ2v) is 5.50. The molecule has 102 valence electrons. The van der Waals surface area contributed by atoms with E-state index in [-0.39, 0.29) is 6.04 Å². The Hall–Kier alpha value is -2.00. The van der Waals surface area contributed by atoms with E-state index < -0.39 is 0 Å². The van der Waals surface area contributed by atoms with Crippen LogP contribution in [0.15, 0.2) is 42.5 Å². The van der Waals surface area contributed by atoms with Gasteiger partial charge in [-0.3, -0.25) is 0 Å². The topological polar surface area (TPSA) is 43.8 Å². The summed E-state index contributed by atoms with van der Waals surface area (Å²) in [6.45, 7) is 4.26. The van der Waals surface area contributed by atoms with Gasteiger partial charge >= 0.3 is 0 Å². The molecule has 0 amide bonds. The van der Waals surface area contributed by atoms with E-state index in [1.165, 1.54) is 0 Å². The van der Waals surface area contributed by atoms with E-state index in [1.807, 2.05) is 36.4 Å². The number of hydrogen-bond acceptors (Lipinski definition) is 2. The highest BCUT2D eigenvalue weighted by molar-refractivity contribution is 6.33. The highest BCUT2D eigenvalue weighted by Crippen LogP contribution is 2.36. The lowest BCUT2D eigenvalue weighted by Gasteiger charge is -2.15. The molecule has 2 N–H and O–H groups in total. The number of aromatic nitrogens is 2. The first-order valence-corrected chi connectivity index (χ1v) is 6.98. The van der Waals surface area contributed by atoms with E-state index in [2.05, 4.69) is 24.5 Å². The SMILES string of the molecule is CC(C)n1c(-c2c(N)cccc2Cl)nc2ccccc21. The van der Waals surface area contributed by atoms with Gasteiger partial charge in [0, 0.05) is 11.7 Å². The molecule has 0 aliphatic heterocycles. The van der Waals surface area contributed by atoms with Gasteiger partial charge in [-0.05, 0) is 38.1 Å². The van der Waals surface area contributed by atoms with E-state index in [0.29, 0.717) is 10.7 Å². The largest absolute Gasteiger partial charge is 0.398 e. The fourth-order valence-electron chi connectivity index (χ4n) is 2.52. The van der Waals surface area contributed by atoms with Crippen molar-refractivity contribution in [2.45, 2.75) is 19.9 Å². The Morgan fingerprint density at radius 2 is 1.85 bits per heavy atom. The summed E-state index contributed by atoms with van der Waals surface area (Å²) in [6, 6.07) is 13.9. The first-order valence-electron chi connectivity index (χ1n) is 6.61. The standard InChI is InChI=1S/C16H16ClN3/c1-10(2)20-14-9-4-3-8-13(14)19-16(20)15-11(17)6-5-7-12(15)18/h3-10H,18H2,1-2H3. The van der Waals surface area contributed by atoms with Gasteiger partial charge in [0.05, 0.1) is 21.6 Å². The Labute approximate surface area is 123 Å². The van der Waals surface area contributed by atoms with Gasteiger partial charge in [-0.1, -0.05) is 29.8 Å². The van der Waals surface area contributed by atoms with Crippen molar-refractivity contribution in [2.75, 3.05) is 5.73 Å². The van der Waals surface area contributed by atoms with Crippen molar-refractivity contribution in [3.8, 4) is 11.4 Å². The van der Waals surface area contributed by atoms with Crippen LogP contribution in [0.1, 0.15) is 19.9 Å². The molecule has 0 unspecified atom stereocenters. The van der Waals surface area contributed by atoms with Crippen LogP contribution in [0.3, 0.4) is 0 Å². The summed E-state index contributed by atoms with van der Waals surface area (Å²) in [4.78, 5) is 4.72. The molecule has 0 fully saturated rings. The third kappa shape index (κ3) is 1.95. The molecule has 3 aromatic rings. The maximum absolute atomic E-state index is 6.33. The Balaban J connectivity index is 2.39. The summed E-state index contributed by atoms with van der Waals surface area (Å²) in [5.74, 6) is 0.823. The summed E-state index contributed by atoms with van der Waals surface area (Å²) >= 11 is 6.33. The van der Waals surface area contributed by atoms with Crippen LogP contribution >= 0.6 is 11.6 Å². The Morgan fingerprint density at radius 1 is 1.10 bits per heavy atom. The summed E-state index contributed by atoms with van der Waals surface area (Å²) in [5, 5.41) is 0.627. The summed E-state index contributed by atoms with van der Waals surface area (Å²) in [7, 11) is 0. The molecular formula is C16H16ClN3. The fourth-order valence-corrected chi connectivity index (χ4v) is 2.79. The minimum Gasteiger partial charge on any atom is -0.398 e. The molecule has 20 heavy (non-hydrogen) atoms. The number of nitrogens with zero attached hydrogens (tertiary/aromatic N) is 2. The van der Waals surface area contributed by atoms with Crippen LogP contribution in [0.25, 0.3) is 22.4 Å². The van der Waals surface area contributed by atoms with Crippen molar-refractivity contribution in [2.24, 2.45) is 0 Å². The summed E-state index contributed by atoms with van der Waals surface area (Å²) in [5.41, 5.74) is 9.61. The van der Waals surface area contributed by atoms with Crippen molar-refractivity contribution >= 4 is 28.3 Å². The van der Waals surface area contributed by atoms with Gasteiger partial charge in [-0.25, -0.2) is 4.98 Å². The molecule has 0 aliphatic carbocycles. The van der Waals surface area contributed by atoms with Crippen LogP contribution in [0.4, 0.5) is 5.69 Å². The van der Waals surface area contributed by atoms with Gasteiger partial charge in [0.2, 0.25) is 0 Å². The quantitative estimate of drug-likeness (QED) is 0.704. The van der Waals surface area contributed by atoms with Crippen molar-refractivity contribution in [1.29, 1.82) is 0 Å². The molecule has 1 aromatic heterocycles. The zero-order valence-electron chi connectivity index (χ0n) is 11.5. The average molecular weight is 286 g/mol. The van der Waals surface area contributed by atoms with Gasteiger partial charge in [-0.2, -0.15) is 0 Å². The van der Waals surface area contributed by atoms with Gasteiger partial charge in [0.1, 0.15) is 5.82 Å². The average Bonchev–Trinajstić information content (AvgIpc) is 2.77. The van der Waals surface area contributed by atoms with E-state index in [0.717, 1.165) is 22.4 Å². The number of imidazole rings is 1. The van der Waals surface area contributed by atoms with E-state index >= 15 is 0 Å². The third-order valence-electron chi connectivity index (χ3n) is 3.38. The van der Waals surface area contributed by atoms with Crippen molar-refractivity contribution in [3.05, 3.63) is 47.5 Å².